The summed E-state index contributed by atoms with van der Waals surface area (Å²) in [5, 5.41) is 13.9. The van der Waals surface area contributed by atoms with Gasteiger partial charge in [-0.2, -0.15) is 0 Å². The minimum Gasteiger partial charge on any atom is -0.354 e. The van der Waals surface area contributed by atoms with E-state index < -0.39 is 0 Å². The van der Waals surface area contributed by atoms with Gasteiger partial charge in [0.15, 0.2) is 0 Å². The Bertz CT molecular complexity index is 596. The molecule has 0 saturated carbocycles. The molecule has 6 heteroatoms. The topological polar surface area (TPSA) is 71.8 Å². The molecule has 1 unspecified atom stereocenters. The molecule has 1 aliphatic heterocycles. The minimum absolute atomic E-state index is 0.0424. The lowest BCUT2D eigenvalue weighted by Crippen LogP contribution is -2.41. The lowest BCUT2D eigenvalue weighted by atomic mass is 9.94. The molecule has 2 aromatic rings. The first kappa shape index (κ1) is 13.8. The number of aromatic nitrogens is 3. The minimum atomic E-state index is -0.235. The second kappa shape index (κ2) is 6.49. The van der Waals surface area contributed by atoms with Crippen LogP contribution in [0.3, 0.4) is 0 Å². The quantitative estimate of drug-likeness (QED) is 0.792. The molecule has 0 aliphatic carbocycles. The van der Waals surface area contributed by atoms with Crippen molar-refractivity contribution in [3.05, 3.63) is 47.8 Å². The third-order valence-electron chi connectivity index (χ3n) is 3.71. The first-order valence-electron chi connectivity index (χ1n) is 7.27. The summed E-state index contributed by atoms with van der Waals surface area (Å²) < 4.78 is 1.76. The van der Waals surface area contributed by atoms with Gasteiger partial charge >= 0.3 is 0 Å². The summed E-state index contributed by atoms with van der Waals surface area (Å²) in [6, 6.07) is 7.90. The highest BCUT2D eigenvalue weighted by Crippen LogP contribution is 2.22. The van der Waals surface area contributed by atoms with Gasteiger partial charge in [-0.25, -0.2) is 0 Å². The van der Waals surface area contributed by atoms with Gasteiger partial charge in [0, 0.05) is 25.8 Å². The van der Waals surface area contributed by atoms with Gasteiger partial charge in [-0.15, -0.1) is 5.10 Å². The van der Waals surface area contributed by atoms with Crippen LogP contribution in [0.25, 0.3) is 0 Å². The van der Waals surface area contributed by atoms with Gasteiger partial charge in [0.05, 0.1) is 6.20 Å². The number of nitrogens with zero attached hydrogens (tertiary/aromatic N) is 3. The zero-order valence-electron chi connectivity index (χ0n) is 11.8. The molecular formula is C15H19N5O. The number of fused-ring (bicyclic) bond motifs is 1. The van der Waals surface area contributed by atoms with Crippen LogP contribution in [0, 0.1) is 0 Å². The van der Waals surface area contributed by atoms with Crippen LogP contribution in [-0.2, 0) is 17.8 Å². The van der Waals surface area contributed by atoms with Crippen LogP contribution in [-0.4, -0.2) is 34.0 Å². The van der Waals surface area contributed by atoms with E-state index in [-0.39, 0.29) is 11.9 Å². The molecule has 0 fully saturated rings. The van der Waals surface area contributed by atoms with Crippen LogP contribution in [0.15, 0.2) is 36.7 Å². The lowest BCUT2D eigenvalue weighted by molar-refractivity contribution is -0.123. The second-order valence-electron chi connectivity index (χ2n) is 5.15. The van der Waals surface area contributed by atoms with Crippen LogP contribution in [0.1, 0.15) is 23.6 Å². The van der Waals surface area contributed by atoms with Gasteiger partial charge in [-0.1, -0.05) is 29.5 Å². The number of hydrogen-bond acceptors (Lipinski definition) is 4. The highest BCUT2D eigenvalue weighted by Gasteiger charge is 2.25. The molecule has 1 amide bonds. The van der Waals surface area contributed by atoms with E-state index in [4.69, 9.17) is 0 Å². The Hall–Kier alpha value is -2.21. The average molecular weight is 285 g/mol. The maximum atomic E-state index is 12.3. The van der Waals surface area contributed by atoms with Gasteiger partial charge in [-0.05, 0) is 24.0 Å². The van der Waals surface area contributed by atoms with E-state index >= 15 is 0 Å². The number of amides is 1. The molecule has 3 rings (SSSR count). The maximum Gasteiger partial charge on any atom is 0.241 e. The zero-order chi connectivity index (χ0) is 14.5. The molecule has 1 aliphatic rings. The van der Waals surface area contributed by atoms with Crippen molar-refractivity contribution in [2.75, 3.05) is 13.1 Å². The smallest absolute Gasteiger partial charge is 0.241 e. The average Bonchev–Trinajstić information content (AvgIpc) is 3.04. The number of carbonyl (C=O) groups excluding carboxylic acids is 1. The number of benzene rings is 1. The van der Waals surface area contributed by atoms with E-state index in [0.29, 0.717) is 6.54 Å². The van der Waals surface area contributed by atoms with Crippen molar-refractivity contribution in [2.24, 2.45) is 0 Å². The van der Waals surface area contributed by atoms with Crippen molar-refractivity contribution in [3.8, 4) is 0 Å². The molecule has 2 N–H and O–H groups in total. The van der Waals surface area contributed by atoms with Crippen LogP contribution in [0.4, 0.5) is 0 Å². The predicted molar refractivity (Wildman–Crippen MR) is 78.5 cm³/mol. The van der Waals surface area contributed by atoms with Crippen LogP contribution >= 0.6 is 0 Å². The SMILES string of the molecule is O=C(NCCCn1ccnn1)C1NCCc2ccccc21. The Morgan fingerprint density at radius 1 is 1.43 bits per heavy atom. The van der Waals surface area contributed by atoms with Crippen molar-refractivity contribution in [1.29, 1.82) is 0 Å². The summed E-state index contributed by atoms with van der Waals surface area (Å²) in [6.45, 7) is 2.24. The largest absolute Gasteiger partial charge is 0.354 e. The second-order valence-corrected chi connectivity index (χ2v) is 5.15. The number of rotatable bonds is 5. The van der Waals surface area contributed by atoms with Crippen molar-refractivity contribution in [1.82, 2.24) is 25.6 Å². The van der Waals surface area contributed by atoms with Gasteiger partial charge < -0.3 is 10.6 Å². The predicted octanol–water partition coefficient (Wildman–Crippen LogP) is 0.671. The van der Waals surface area contributed by atoms with Gasteiger partial charge in [0.2, 0.25) is 5.91 Å². The van der Waals surface area contributed by atoms with Gasteiger partial charge in [0.1, 0.15) is 6.04 Å². The molecule has 1 aromatic carbocycles. The Morgan fingerprint density at radius 3 is 3.19 bits per heavy atom. The fourth-order valence-electron chi connectivity index (χ4n) is 2.65. The Labute approximate surface area is 123 Å². The Morgan fingerprint density at radius 2 is 2.33 bits per heavy atom. The number of carbonyl (C=O) groups is 1. The molecule has 0 bridgehead atoms. The molecule has 2 heterocycles. The molecule has 0 saturated heterocycles. The summed E-state index contributed by atoms with van der Waals surface area (Å²) >= 11 is 0. The van der Waals surface area contributed by atoms with Crippen molar-refractivity contribution >= 4 is 5.91 Å². The maximum absolute atomic E-state index is 12.3. The number of nitrogens with one attached hydrogen (secondary N) is 2. The van der Waals surface area contributed by atoms with E-state index in [1.54, 1.807) is 10.9 Å². The van der Waals surface area contributed by atoms with Crippen molar-refractivity contribution < 1.29 is 4.79 Å². The van der Waals surface area contributed by atoms with Gasteiger partial charge in [0.25, 0.3) is 0 Å². The fourth-order valence-corrected chi connectivity index (χ4v) is 2.65. The summed E-state index contributed by atoms with van der Waals surface area (Å²) in [7, 11) is 0. The summed E-state index contributed by atoms with van der Waals surface area (Å²) in [4.78, 5) is 12.3. The molecular weight excluding hydrogens is 266 g/mol. The first-order chi connectivity index (χ1) is 10.3. The monoisotopic (exact) mass is 285 g/mol. The number of aryl methyl sites for hydroxylation is 1. The fraction of sp³-hybridized carbons (Fsp3) is 0.400. The molecule has 110 valence electrons. The normalized spacial score (nSPS) is 17.2. The number of hydrogen-bond donors (Lipinski definition) is 2. The van der Waals surface area contributed by atoms with Crippen molar-refractivity contribution in [3.63, 3.8) is 0 Å². The van der Waals surface area contributed by atoms with E-state index in [0.717, 1.165) is 31.5 Å². The lowest BCUT2D eigenvalue weighted by Gasteiger charge is -2.26. The first-order valence-corrected chi connectivity index (χ1v) is 7.27. The zero-order valence-corrected chi connectivity index (χ0v) is 11.8. The molecule has 1 atom stereocenters. The van der Waals surface area contributed by atoms with Crippen LogP contribution < -0.4 is 10.6 Å². The van der Waals surface area contributed by atoms with E-state index in [2.05, 4.69) is 27.0 Å². The Balaban J connectivity index is 1.52. The van der Waals surface area contributed by atoms with E-state index in [1.807, 2.05) is 24.4 Å². The van der Waals surface area contributed by atoms with Crippen LogP contribution in [0.2, 0.25) is 0 Å². The third-order valence-corrected chi connectivity index (χ3v) is 3.71. The highest BCUT2D eigenvalue weighted by molar-refractivity contribution is 5.83. The summed E-state index contributed by atoms with van der Waals surface area (Å²) in [6.07, 6.45) is 5.29. The molecule has 1 aromatic heterocycles. The molecule has 0 spiro atoms. The summed E-state index contributed by atoms with van der Waals surface area (Å²) in [5.41, 5.74) is 2.36. The van der Waals surface area contributed by atoms with E-state index in [9.17, 15) is 4.79 Å². The summed E-state index contributed by atoms with van der Waals surface area (Å²) in [5.74, 6) is 0.0424. The Kier molecular flexibility index (Phi) is 4.25. The highest BCUT2D eigenvalue weighted by atomic mass is 16.2. The molecule has 21 heavy (non-hydrogen) atoms. The molecule has 6 nitrogen and oxygen atoms in total. The van der Waals surface area contributed by atoms with Crippen molar-refractivity contribution in [2.45, 2.75) is 25.4 Å². The standard InChI is InChI=1S/C15H19N5O/c21-15(17-7-3-10-20-11-9-18-19-20)14-13-5-2-1-4-12(13)6-8-16-14/h1-2,4-5,9,11,14,16H,3,6-8,10H2,(H,17,21). The van der Waals surface area contributed by atoms with Gasteiger partial charge in [-0.3, -0.25) is 9.48 Å². The third kappa shape index (κ3) is 3.28. The van der Waals surface area contributed by atoms with E-state index in [1.165, 1.54) is 5.56 Å². The molecule has 0 radical (unpaired) electrons. The van der Waals surface area contributed by atoms with Crippen LogP contribution in [0.5, 0.6) is 0 Å².